The summed E-state index contributed by atoms with van der Waals surface area (Å²) in [4.78, 5) is 57.7. The highest BCUT2D eigenvalue weighted by Crippen LogP contribution is 2.30. The molecule has 0 radical (unpaired) electrons. The molecule has 2 unspecified atom stereocenters. The van der Waals surface area contributed by atoms with E-state index in [1.165, 1.54) is 0 Å². The van der Waals surface area contributed by atoms with Gasteiger partial charge in [-0.3, -0.25) is 19.2 Å². The summed E-state index contributed by atoms with van der Waals surface area (Å²) in [7, 11) is 1.05. The van der Waals surface area contributed by atoms with Crippen LogP contribution in [0, 0.1) is 0 Å². The first-order chi connectivity index (χ1) is 12.1. The number of carbonyl (C=O) groups is 5. The fourth-order valence-electron chi connectivity index (χ4n) is 2.34. The number of hydrogen-bond acceptors (Lipinski definition) is 11. The van der Waals surface area contributed by atoms with Gasteiger partial charge in [-0.2, -0.15) is 0 Å². The molecule has 0 saturated carbocycles. The van der Waals surface area contributed by atoms with Crippen LogP contribution in [0.15, 0.2) is 0 Å². The third-order valence-corrected chi connectivity index (χ3v) is 3.12. The van der Waals surface area contributed by atoms with Gasteiger partial charge in [-0.25, -0.2) is 4.79 Å². The molecule has 0 amide bonds. The first-order valence-electron chi connectivity index (χ1n) is 7.49. The van der Waals surface area contributed by atoms with Gasteiger partial charge in [0, 0.05) is 27.7 Å². The fraction of sp³-hybridized carbons (Fsp3) is 0.667. The summed E-state index contributed by atoms with van der Waals surface area (Å²) in [6, 6.07) is 0. The van der Waals surface area contributed by atoms with Gasteiger partial charge < -0.3 is 28.4 Å². The summed E-state index contributed by atoms with van der Waals surface area (Å²) in [6.45, 7) is 4.22. The molecular formula is C15H20O11. The number of carbonyl (C=O) groups excluding carboxylic acids is 5. The first-order valence-corrected chi connectivity index (χ1v) is 7.49. The van der Waals surface area contributed by atoms with Crippen molar-refractivity contribution in [2.24, 2.45) is 0 Å². The number of rotatable bonds is 5. The van der Waals surface area contributed by atoms with Gasteiger partial charge in [0.25, 0.3) is 0 Å². The average molecular weight is 376 g/mol. The molecule has 0 aliphatic carbocycles. The lowest BCUT2D eigenvalue weighted by atomic mass is 9.97. The topological polar surface area (TPSA) is 141 Å². The summed E-state index contributed by atoms with van der Waals surface area (Å²) in [6.07, 6.45) is -7.66. The summed E-state index contributed by atoms with van der Waals surface area (Å²) in [5.41, 5.74) is 0. The molecule has 0 N–H and O–H groups in total. The lowest BCUT2D eigenvalue weighted by Gasteiger charge is -2.42. The molecule has 1 saturated heterocycles. The summed E-state index contributed by atoms with van der Waals surface area (Å²) in [5, 5.41) is 0. The van der Waals surface area contributed by atoms with E-state index >= 15 is 0 Å². The van der Waals surface area contributed by atoms with Crippen molar-refractivity contribution in [3.8, 4) is 0 Å². The van der Waals surface area contributed by atoms with Crippen LogP contribution in [0.5, 0.6) is 0 Å². The van der Waals surface area contributed by atoms with E-state index in [0.717, 1.165) is 34.8 Å². The second kappa shape index (κ2) is 9.13. The van der Waals surface area contributed by atoms with E-state index in [4.69, 9.17) is 23.7 Å². The van der Waals surface area contributed by atoms with E-state index in [-0.39, 0.29) is 0 Å². The van der Waals surface area contributed by atoms with Crippen molar-refractivity contribution >= 4 is 29.8 Å². The largest absolute Gasteiger partial charge is 0.467 e. The second-order valence-electron chi connectivity index (χ2n) is 5.28. The smallest absolute Gasteiger partial charge is 0.339 e. The Morgan fingerprint density at radius 1 is 0.654 bits per heavy atom. The molecule has 1 rings (SSSR count). The zero-order chi connectivity index (χ0) is 20.0. The molecule has 1 fully saturated rings. The molecule has 11 nitrogen and oxygen atoms in total. The Kier molecular flexibility index (Phi) is 7.50. The van der Waals surface area contributed by atoms with E-state index in [1.807, 2.05) is 0 Å². The Labute approximate surface area is 148 Å². The zero-order valence-corrected chi connectivity index (χ0v) is 14.9. The van der Waals surface area contributed by atoms with E-state index in [0.29, 0.717) is 0 Å². The Balaban J connectivity index is 3.37. The summed E-state index contributed by atoms with van der Waals surface area (Å²) < 4.78 is 30.0. The maximum Gasteiger partial charge on any atom is 0.339 e. The Hall–Kier alpha value is -2.69. The first kappa shape index (κ1) is 21.4. The van der Waals surface area contributed by atoms with E-state index < -0.39 is 60.6 Å². The predicted octanol–water partition coefficient (Wildman–Crippen LogP) is -0.757. The molecule has 11 heteroatoms. The van der Waals surface area contributed by atoms with Crippen LogP contribution < -0.4 is 0 Å². The number of methoxy groups -OCH3 is 1. The number of hydrogen-bond donors (Lipinski definition) is 0. The van der Waals surface area contributed by atoms with Crippen LogP contribution >= 0.6 is 0 Å². The van der Waals surface area contributed by atoms with Crippen molar-refractivity contribution in [1.82, 2.24) is 0 Å². The van der Waals surface area contributed by atoms with Crippen LogP contribution in [0.3, 0.4) is 0 Å². The van der Waals surface area contributed by atoms with Gasteiger partial charge in [-0.15, -0.1) is 0 Å². The minimum Gasteiger partial charge on any atom is -0.467 e. The number of esters is 5. The van der Waals surface area contributed by atoms with Crippen molar-refractivity contribution in [3.05, 3.63) is 0 Å². The van der Waals surface area contributed by atoms with Gasteiger partial charge in [-0.1, -0.05) is 0 Å². The molecule has 0 spiro atoms. The van der Waals surface area contributed by atoms with Crippen molar-refractivity contribution in [2.75, 3.05) is 7.11 Å². The highest BCUT2D eigenvalue weighted by molar-refractivity contribution is 5.77. The molecule has 0 bridgehead atoms. The number of ether oxygens (including phenoxy) is 6. The van der Waals surface area contributed by atoms with Crippen LogP contribution in [0.25, 0.3) is 0 Å². The van der Waals surface area contributed by atoms with Gasteiger partial charge in [0.2, 0.25) is 12.4 Å². The molecule has 26 heavy (non-hydrogen) atoms. The molecule has 146 valence electrons. The van der Waals surface area contributed by atoms with Crippen LogP contribution in [-0.4, -0.2) is 67.7 Å². The molecule has 0 aromatic carbocycles. The SMILES string of the molecule is COC(=O)C1O[C@H](OC(C)=O)C(OC(C)=O)[C@@H](OC(C)=O)[C@@H]1OC(C)=O. The molecule has 1 aliphatic rings. The highest BCUT2D eigenvalue weighted by Gasteiger charge is 2.56. The lowest BCUT2D eigenvalue weighted by Crippen LogP contribution is -2.64. The second-order valence-corrected chi connectivity index (χ2v) is 5.28. The van der Waals surface area contributed by atoms with Gasteiger partial charge in [0.1, 0.15) is 0 Å². The van der Waals surface area contributed by atoms with Gasteiger partial charge in [0.05, 0.1) is 7.11 Å². The normalized spacial score (nSPS) is 27.7. The third kappa shape index (κ3) is 5.69. The van der Waals surface area contributed by atoms with Gasteiger partial charge in [-0.05, 0) is 0 Å². The van der Waals surface area contributed by atoms with Crippen LogP contribution in [0.4, 0.5) is 0 Å². The van der Waals surface area contributed by atoms with Gasteiger partial charge >= 0.3 is 29.8 Å². The quantitative estimate of drug-likeness (QED) is 0.441. The van der Waals surface area contributed by atoms with Crippen molar-refractivity contribution in [2.45, 2.75) is 58.4 Å². The van der Waals surface area contributed by atoms with Crippen molar-refractivity contribution < 1.29 is 52.4 Å². The Morgan fingerprint density at radius 2 is 1.08 bits per heavy atom. The monoisotopic (exact) mass is 376 g/mol. The van der Waals surface area contributed by atoms with E-state index in [2.05, 4.69) is 4.74 Å². The summed E-state index contributed by atoms with van der Waals surface area (Å²) in [5.74, 6) is -4.25. The summed E-state index contributed by atoms with van der Waals surface area (Å²) >= 11 is 0. The molecule has 1 heterocycles. The van der Waals surface area contributed by atoms with Gasteiger partial charge in [0.15, 0.2) is 18.3 Å². The Bertz CT molecular complexity index is 584. The molecule has 5 atom stereocenters. The molecule has 0 aromatic heterocycles. The fourth-order valence-corrected chi connectivity index (χ4v) is 2.34. The van der Waals surface area contributed by atoms with Crippen LogP contribution in [0.1, 0.15) is 27.7 Å². The maximum atomic E-state index is 12.0. The average Bonchev–Trinajstić information content (AvgIpc) is 2.50. The molecule has 1 aliphatic heterocycles. The minimum absolute atomic E-state index is 0.814. The van der Waals surface area contributed by atoms with Crippen LogP contribution in [0.2, 0.25) is 0 Å². The lowest BCUT2D eigenvalue weighted by molar-refractivity contribution is -0.294. The molecule has 0 aromatic rings. The molecular weight excluding hydrogens is 356 g/mol. The van der Waals surface area contributed by atoms with Crippen molar-refractivity contribution in [1.29, 1.82) is 0 Å². The zero-order valence-electron chi connectivity index (χ0n) is 14.9. The predicted molar refractivity (Wildman–Crippen MR) is 79.1 cm³/mol. The minimum atomic E-state index is -1.60. The Morgan fingerprint density at radius 3 is 1.50 bits per heavy atom. The van der Waals surface area contributed by atoms with Crippen molar-refractivity contribution in [3.63, 3.8) is 0 Å². The van der Waals surface area contributed by atoms with E-state index in [9.17, 15) is 24.0 Å². The maximum absolute atomic E-state index is 12.0. The van der Waals surface area contributed by atoms with E-state index in [1.54, 1.807) is 0 Å². The standard InChI is InChI=1S/C15H20O11/c1-6(16)22-10-11(23-7(2)17)13(24-8(3)18)15(25-9(4)19)26-12(10)14(20)21-5/h10-13,15H,1-5H3/t10-,11-,12?,13?,15-/m0/s1. The third-order valence-electron chi connectivity index (χ3n) is 3.12. The highest BCUT2D eigenvalue weighted by atomic mass is 16.7. The van der Waals surface area contributed by atoms with Crippen LogP contribution in [-0.2, 0) is 52.4 Å².